The molecule has 254 valence electrons. The van der Waals surface area contributed by atoms with Gasteiger partial charge in [0.05, 0.1) is 16.7 Å². The molecule has 0 aliphatic carbocycles. The second kappa shape index (κ2) is 13.4. The van der Waals surface area contributed by atoms with E-state index < -0.39 is 0 Å². The quantitative estimate of drug-likeness (QED) is 0.162. The zero-order valence-corrected chi connectivity index (χ0v) is 29.7. The molecule has 0 amide bonds. The van der Waals surface area contributed by atoms with Gasteiger partial charge in [-0.2, -0.15) is 0 Å². The van der Waals surface area contributed by atoms with Crippen molar-refractivity contribution >= 4 is 49.6 Å². The zero-order valence-electron chi connectivity index (χ0n) is 29.7. The van der Waals surface area contributed by atoms with E-state index in [1.165, 1.54) is 66.0 Å². The fourth-order valence-corrected chi connectivity index (χ4v) is 7.94. The van der Waals surface area contributed by atoms with Crippen LogP contribution in [0, 0.1) is 0 Å². The van der Waals surface area contributed by atoms with E-state index in [9.17, 15) is 0 Å². The van der Waals surface area contributed by atoms with E-state index in [-0.39, 0.29) is 0 Å². The molecular weight excluding hydrogens is 653 g/mol. The van der Waals surface area contributed by atoms with Gasteiger partial charge >= 0.3 is 0 Å². The number of para-hydroxylation sites is 2. The maximum absolute atomic E-state index is 2.44. The minimum atomic E-state index is 1.08. The van der Waals surface area contributed by atoms with E-state index in [0.717, 1.165) is 22.7 Å². The van der Waals surface area contributed by atoms with Gasteiger partial charge in [-0.25, -0.2) is 0 Å². The van der Waals surface area contributed by atoms with Gasteiger partial charge in [0.2, 0.25) is 0 Å². The normalized spacial score (nSPS) is 11.3. The predicted octanol–water partition coefficient (Wildman–Crippen LogP) is 14.4. The predicted molar refractivity (Wildman–Crippen MR) is 229 cm³/mol. The van der Waals surface area contributed by atoms with Crippen molar-refractivity contribution in [3.63, 3.8) is 0 Å². The highest BCUT2D eigenvalue weighted by atomic mass is 15.1. The Morgan fingerprint density at radius 2 is 0.759 bits per heavy atom. The molecule has 10 rings (SSSR count). The highest BCUT2D eigenvalue weighted by molar-refractivity contribution is 6.10. The fourth-order valence-electron chi connectivity index (χ4n) is 7.94. The summed E-state index contributed by atoms with van der Waals surface area (Å²) < 4.78 is 2.44. The van der Waals surface area contributed by atoms with Gasteiger partial charge < -0.3 is 9.47 Å². The monoisotopic (exact) mass is 688 g/mol. The van der Waals surface area contributed by atoms with Crippen molar-refractivity contribution in [2.75, 3.05) is 4.90 Å². The van der Waals surface area contributed by atoms with E-state index in [0.29, 0.717) is 0 Å². The molecule has 0 unspecified atom stereocenters. The SMILES string of the molecule is c1ccc(-c2ccc(N(c3ccc(-c4ccc5ccccc5c4)cc3)c3ccc(-c4ccccc4)c(-n4c5ccccc5c5ccccc54)c3)cc2)cc1. The number of rotatable bonds is 7. The molecular formula is C52H36N2. The summed E-state index contributed by atoms with van der Waals surface area (Å²) in [7, 11) is 0. The van der Waals surface area contributed by atoms with Gasteiger partial charge in [-0.1, -0.05) is 164 Å². The number of benzene rings is 9. The van der Waals surface area contributed by atoms with Crippen molar-refractivity contribution in [2.45, 2.75) is 0 Å². The number of aromatic nitrogens is 1. The lowest BCUT2D eigenvalue weighted by atomic mass is 10.00. The number of anilines is 3. The molecule has 10 aromatic rings. The summed E-state index contributed by atoms with van der Waals surface area (Å²) in [5.74, 6) is 0. The van der Waals surface area contributed by atoms with Gasteiger partial charge in [-0.05, 0) is 93.2 Å². The van der Waals surface area contributed by atoms with Crippen molar-refractivity contribution in [3.05, 3.63) is 218 Å². The Kier molecular flexibility index (Phi) is 7.85. The van der Waals surface area contributed by atoms with Crippen LogP contribution in [0.1, 0.15) is 0 Å². The number of hydrogen-bond acceptors (Lipinski definition) is 1. The molecule has 2 heteroatoms. The molecule has 0 radical (unpaired) electrons. The smallest absolute Gasteiger partial charge is 0.0561 e. The maximum atomic E-state index is 2.44. The third kappa shape index (κ3) is 5.62. The van der Waals surface area contributed by atoms with Crippen molar-refractivity contribution in [3.8, 4) is 39.1 Å². The standard InChI is InChI=1S/C52H36N2/c1-3-13-37(14-4-1)39-25-29-44(30-26-39)53(45-31-27-40(28-32-45)43-24-23-38-15-7-8-18-42(38)35-43)46-33-34-47(41-16-5-2-6-17-41)52(36-46)54-50-21-11-9-19-48(50)49-20-10-12-22-51(49)54/h1-36H. The van der Waals surface area contributed by atoms with Crippen molar-refractivity contribution in [1.82, 2.24) is 4.57 Å². The average Bonchev–Trinajstić information content (AvgIpc) is 3.59. The van der Waals surface area contributed by atoms with E-state index in [4.69, 9.17) is 0 Å². The molecule has 0 saturated heterocycles. The van der Waals surface area contributed by atoms with Crippen LogP contribution in [0.4, 0.5) is 17.1 Å². The summed E-state index contributed by atoms with van der Waals surface area (Å²) in [5.41, 5.74) is 13.9. The minimum absolute atomic E-state index is 1.08. The van der Waals surface area contributed by atoms with Crippen LogP contribution in [-0.4, -0.2) is 4.57 Å². The van der Waals surface area contributed by atoms with E-state index in [2.05, 4.69) is 228 Å². The fraction of sp³-hybridized carbons (Fsp3) is 0. The molecule has 0 N–H and O–H groups in total. The van der Waals surface area contributed by atoms with Crippen LogP contribution < -0.4 is 4.90 Å². The van der Waals surface area contributed by atoms with E-state index in [1.807, 2.05) is 0 Å². The Labute approximate surface area is 315 Å². The molecule has 0 spiro atoms. The molecule has 0 fully saturated rings. The van der Waals surface area contributed by atoms with Crippen LogP contribution in [0.15, 0.2) is 218 Å². The van der Waals surface area contributed by atoms with Crippen molar-refractivity contribution < 1.29 is 0 Å². The minimum Gasteiger partial charge on any atom is -0.310 e. The second-order valence-corrected chi connectivity index (χ2v) is 13.8. The first-order valence-corrected chi connectivity index (χ1v) is 18.5. The molecule has 0 atom stereocenters. The topological polar surface area (TPSA) is 8.17 Å². The first-order chi connectivity index (χ1) is 26.8. The summed E-state index contributed by atoms with van der Waals surface area (Å²) in [6.45, 7) is 0. The zero-order chi connectivity index (χ0) is 35.8. The molecule has 0 bridgehead atoms. The van der Waals surface area contributed by atoms with E-state index >= 15 is 0 Å². The lowest BCUT2D eigenvalue weighted by molar-refractivity contribution is 1.17. The summed E-state index contributed by atoms with van der Waals surface area (Å²) in [5, 5.41) is 4.99. The first kappa shape index (κ1) is 31.6. The highest BCUT2D eigenvalue weighted by Gasteiger charge is 2.20. The van der Waals surface area contributed by atoms with Crippen molar-refractivity contribution in [1.29, 1.82) is 0 Å². The Hall–Kier alpha value is -7.16. The third-order valence-corrected chi connectivity index (χ3v) is 10.6. The molecule has 54 heavy (non-hydrogen) atoms. The van der Waals surface area contributed by atoms with Gasteiger partial charge in [0.25, 0.3) is 0 Å². The molecule has 0 aliphatic rings. The van der Waals surface area contributed by atoms with Crippen LogP contribution >= 0.6 is 0 Å². The molecule has 2 nitrogen and oxygen atoms in total. The highest BCUT2D eigenvalue weighted by Crippen LogP contribution is 2.42. The number of hydrogen-bond donors (Lipinski definition) is 0. The van der Waals surface area contributed by atoms with Gasteiger partial charge in [0, 0.05) is 33.4 Å². The summed E-state index contributed by atoms with van der Waals surface area (Å²) in [6, 6.07) is 78.9. The average molecular weight is 689 g/mol. The van der Waals surface area contributed by atoms with Gasteiger partial charge in [0.1, 0.15) is 0 Å². The first-order valence-electron chi connectivity index (χ1n) is 18.5. The second-order valence-electron chi connectivity index (χ2n) is 13.8. The van der Waals surface area contributed by atoms with Gasteiger partial charge in [0.15, 0.2) is 0 Å². The Morgan fingerprint density at radius 3 is 1.39 bits per heavy atom. The number of nitrogens with zero attached hydrogens (tertiary/aromatic N) is 2. The van der Waals surface area contributed by atoms with Crippen LogP contribution in [0.3, 0.4) is 0 Å². The molecule has 1 heterocycles. The largest absolute Gasteiger partial charge is 0.310 e. The summed E-state index contributed by atoms with van der Waals surface area (Å²) >= 11 is 0. The van der Waals surface area contributed by atoms with Crippen LogP contribution in [0.25, 0.3) is 71.6 Å². The van der Waals surface area contributed by atoms with E-state index in [1.54, 1.807) is 0 Å². The Morgan fingerprint density at radius 1 is 0.296 bits per heavy atom. The number of fused-ring (bicyclic) bond motifs is 4. The third-order valence-electron chi connectivity index (χ3n) is 10.6. The summed E-state index contributed by atoms with van der Waals surface area (Å²) in [6.07, 6.45) is 0. The van der Waals surface area contributed by atoms with Crippen LogP contribution in [0.5, 0.6) is 0 Å². The Balaban J connectivity index is 1.16. The summed E-state index contributed by atoms with van der Waals surface area (Å²) in [4.78, 5) is 2.38. The molecule has 1 aromatic heterocycles. The van der Waals surface area contributed by atoms with Crippen LogP contribution in [0.2, 0.25) is 0 Å². The Bertz CT molecular complexity index is 2850. The lowest BCUT2D eigenvalue weighted by Gasteiger charge is -2.27. The lowest BCUT2D eigenvalue weighted by Crippen LogP contribution is -2.11. The molecule has 0 aliphatic heterocycles. The molecule has 0 saturated carbocycles. The molecule has 9 aromatic carbocycles. The maximum Gasteiger partial charge on any atom is 0.0561 e. The van der Waals surface area contributed by atoms with Gasteiger partial charge in [-0.3, -0.25) is 0 Å². The van der Waals surface area contributed by atoms with Crippen LogP contribution in [-0.2, 0) is 0 Å². The van der Waals surface area contributed by atoms with Gasteiger partial charge in [-0.15, -0.1) is 0 Å². The van der Waals surface area contributed by atoms with Crippen molar-refractivity contribution in [2.24, 2.45) is 0 Å².